The summed E-state index contributed by atoms with van der Waals surface area (Å²) < 4.78 is 27.2. The number of carbonyl (C=O) groups is 3. The van der Waals surface area contributed by atoms with Crippen molar-refractivity contribution in [3.8, 4) is 0 Å². The van der Waals surface area contributed by atoms with Gasteiger partial charge in [0.25, 0.3) is 11.8 Å². The summed E-state index contributed by atoms with van der Waals surface area (Å²) in [6, 6.07) is 23.8. The number of amides is 4. The Hall–Kier alpha value is -5.31. The molecule has 0 saturated carbocycles. The molecule has 0 bridgehead atoms. The minimum absolute atomic E-state index is 0.137. The lowest BCUT2D eigenvalue weighted by molar-refractivity contribution is -0.120. The Kier molecular flexibility index (Phi) is 6.08. The second-order valence-electron chi connectivity index (χ2n) is 10.4. The van der Waals surface area contributed by atoms with Crippen LogP contribution in [0.15, 0.2) is 97.1 Å². The number of nitrogens with zero attached hydrogens (tertiary/aromatic N) is 2. The van der Waals surface area contributed by atoms with E-state index < -0.39 is 35.7 Å². The molecule has 1 fully saturated rings. The lowest BCUT2D eigenvalue weighted by atomic mass is 9.89. The summed E-state index contributed by atoms with van der Waals surface area (Å²) in [5.74, 6) is -1.71. The average Bonchev–Trinajstić information content (AvgIpc) is 3.50. The normalized spacial score (nSPS) is 17.9. The summed E-state index contributed by atoms with van der Waals surface area (Å²) in [5.41, 5.74) is 4.26. The highest BCUT2D eigenvalue weighted by Crippen LogP contribution is 2.45. The quantitative estimate of drug-likeness (QED) is 0.263. The van der Waals surface area contributed by atoms with Crippen LogP contribution in [0.1, 0.15) is 38.8 Å². The van der Waals surface area contributed by atoms with Crippen LogP contribution >= 0.6 is 0 Å². The molecule has 1 saturated heterocycles. The molecule has 0 aliphatic carbocycles. The monoisotopic (exact) mass is 562 g/mol. The number of aromatic amines is 1. The van der Waals surface area contributed by atoms with Gasteiger partial charge >= 0.3 is 6.03 Å². The summed E-state index contributed by atoms with van der Waals surface area (Å²) in [6.45, 7) is 0.137. The smallest absolute Gasteiger partial charge is 0.332 e. The van der Waals surface area contributed by atoms with Crippen LogP contribution in [0, 0.1) is 11.6 Å². The lowest BCUT2D eigenvalue weighted by Gasteiger charge is -2.36. The van der Waals surface area contributed by atoms with Crippen molar-refractivity contribution in [1.29, 1.82) is 0 Å². The van der Waals surface area contributed by atoms with Gasteiger partial charge in [-0.05, 0) is 59.2 Å². The van der Waals surface area contributed by atoms with Crippen LogP contribution in [-0.2, 0) is 17.8 Å². The summed E-state index contributed by atoms with van der Waals surface area (Å²) in [6.07, 6.45) is 0.289. The van der Waals surface area contributed by atoms with Crippen molar-refractivity contribution in [1.82, 2.24) is 15.2 Å². The number of aromatic nitrogens is 1. The Balaban J connectivity index is 1.27. The van der Waals surface area contributed by atoms with Crippen LogP contribution in [0.25, 0.3) is 10.9 Å². The zero-order valence-corrected chi connectivity index (χ0v) is 22.2. The topological polar surface area (TPSA) is 85.5 Å². The fourth-order valence-corrected chi connectivity index (χ4v) is 6.03. The van der Waals surface area contributed by atoms with E-state index in [2.05, 4.69) is 10.3 Å². The molecule has 3 heterocycles. The van der Waals surface area contributed by atoms with Crippen molar-refractivity contribution < 1.29 is 23.2 Å². The molecule has 2 atom stereocenters. The predicted octanol–water partition coefficient (Wildman–Crippen LogP) is 5.86. The third-order valence-electron chi connectivity index (χ3n) is 7.99. The standard InChI is InChI=1S/C33H24F2N4O3/c34-21-13-9-19(10-14-21)18-36-31(40)24-6-2-4-8-27(24)39-32(41)28-17-25-23-5-1-3-7-26(23)37-29(25)30(38(28)33(39)42)20-11-15-22(35)16-12-20/h1-16,28,30,37H,17-18H2,(H,36,40)/t28-,30-/m0/s1. The molecule has 2 N–H and O–H groups in total. The molecular formula is C33H24F2N4O3. The summed E-state index contributed by atoms with van der Waals surface area (Å²) >= 11 is 0. The van der Waals surface area contributed by atoms with E-state index in [0.29, 0.717) is 11.1 Å². The zero-order valence-electron chi connectivity index (χ0n) is 22.2. The first-order valence-electron chi connectivity index (χ1n) is 13.5. The van der Waals surface area contributed by atoms with Crippen LogP contribution in [0.5, 0.6) is 0 Å². The van der Waals surface area contributed by atoms with Gasteiger partial charge in [0.2, 0.25) is 0 Å². The Morgan fingerprint density at radius 2 is 1.52 bits per heavy atom. The van der Waals surface area contributed by atoms with Crippen molar-refractivity contribution in [3.05, 3.63) is 137 Å². The van der Waals surface area contributed by atoms with Gasteiger partial charge in [-0.25, -0.2) is 18.5 Å². The van der Waals surface area contributed by atoms with E-state index in [0.717, 1.165) is 27.1 Å². The third kappa shape index (κ3) is 4.13. The number of halogens is 2. The van der Waals surface area contributed by atoms with Crippen LogP contribution in [0.2, 0.25) is 0 Å². The van der Waals surface area contributed by atoms with E-state index in [-0.39, 0.29) is 30.0 Å². The Bertz CT molecular complexity index is 1870. The van der Waals surface area contributed by atoms with Crippen LogP contribution in [-0.4, -0.2) is 33.8 Å². The minimum Gasteiger partial charge on any atom is -0.356 e. The Labute approximate surface area is 239 Å². The van der Waals surface area contributed by atoms with E-state index in [1.165, 1.54) is 29.2 Å². The largest absolute Gasteiger partial charge is 0.356 e. The molecule has 5 aromatic rings. The summed E-state index contributed by atoms with van der Waals surface area (Å²) in [5, 5.41) is 3.75. The number of fused-ring (bicyclic) bond motifs is 4. The number of hydrogen-bond donors (Lipinski definition) is 2. The van der Waals surface area contributed by atoms with Gasteiger partial charge in [-0.2, -0.15) is 0 Å². The maximum atomic E-state index is 14.2. The number of hydrogen-bond acceptors (Lipinski definition) is 3. The van der Waals surface area contributed by atoms with Gasteiger partial charge in [-0.3, -0.25) is 14.5 Å². The van der Waals surface area contributed by atoms with Crippen molar-refractivity contribution in [2.24, 2.45) is 0 Å². The zero-order chi connectivity index (χ0) is 29.0. The molecule has 7 rings (SSSR count). The van der Waals surface area contributed by atoms with Gasteiger partial charge in [-0.15, -0.1) is 0 Å². The first-order chi connectivity index (χ1) is 20.4. The molecule has 7 nitrogen and oxygen atoms in total. The SMILES string of the molecule is O=C(NCc1ccc(F)cc1)c1ccccc1N1C(=O)[C@@H]2Cc3c([nH]c4ccccc34)[C@H](c3ccc(F)cc3)N2C1=O. The molecule has 2 aliphatic heterocycles. The van der Waals surface area contributed by atoms with Gasteiger partial charge in [-0.1, -0.05) is 54.6 Å². The first kappa shape index (κ1) is 25.6. The Morgan fingerprint density at radius 3 is 2.29 bits per heavy atom. The molecule has 2 aliphatic rings. The highest BCUT2D eigenvalue weighted by atomic mass is 19.1. The number of anilines is 1. The number of benzene rings is 4. The Morgan fingerprint density at radius 1 is 0.857 bits per heavy atom. The van der Waals surface area contributed by atoms with E-state index in [1.807, 2.05) is 24.3 Å². The van der Waals surface area contributed by atoms with E-state index in [9.17, 15) is 23.2 Å². The van der Waals surface area contributed by atoms with E-state index in [4.69, 9.17) is 0 Å². The number of para-hydroxylation sites is 2. The van der Waals surface area contributed by atoms with Gasteiger partial charge in [0, 0.05) is 29.6 Å². The van der Waals surface area contributed by atoms with Crippen molar-refractivity contribution in [2.45, 2.75) is 25.0 Å². The van der Waals surface area contributed by atoms with Crippen molar-refractivity contribution in [3.63, 3.8) is 0 Å². The molecule has 42 heavy (non-hydrogen) atoms. The van der Waals surface area contributed by atoms with Crippen LogP contribution < -0.4 is 10.2 Å². The van der Waals surface area contributed by atoms with Crippen LogP contribution in [0.4, 0.5) is 19.3 Å². The van der Waals surface area contributed by atoms with Crippen molar-refractivity contribution >= 4 is 34.4 Å². The molecule has 0 spiro atoms. The molecule has 208 valence electrons. The summed E-state index contributed by atoms with van der Waals surface area (Å²) in [4.78, 5) is 47.6. The fraction of sp³-hybridized carbons (Fsp3) is 0.121. The van der Waals surface area contributed by atoms with Gasteiger partial charge in [0.15, 0.2) is 0 Å². The molecule has 0 unspecified atom stereocenters. The van der Waals surface area contributed by atoms with Crippen LogP contribution in [0.3, 0.4) is 0 Å². The maximum absolute atomic E-state index is 14.2. The molecular weight excluding hydrogens is 538 g/mol. The third-order valence-corrected chi connectivity index (χ3v) is 7.99. The first-order valence-corrected chi connectivity index (χ1v) is 13.5. The second kappa shape index (κ2) is 9.95. The van der Waals surface area contributed by atoms with Gasteiger partial charge in [0.1, 0.15) is 23.7 Å². The minimum atomic E-state index is -0.824. The number of urea groups is 1. The number of rotatable bonds is 5. The highest BCUT2D eigenvalue weighted by molar-refractivity contribution is 6.24. The van der Waals surface area contributed by atoms with E-state index in [1.54, 1.807) is 48.5 Å². The number of carbonyl (C=O) groups excluding carboxylic acids is 3. The number of imide groups is 1. The average molecular weight is 563 g/mol. The number of H-pyrrole nitrogens is 1. The summed E-state index contributed by atoms with van der Waals surface area (Å²) in [7, 11) is 0. The van der Waals surface area contributed by atoms with E-state index >= 15 is 0 Å². The second-order valence-corrected chi connectivity index (χ2v) is 10.4. The fourth-order valence-electron chi connectivity index (χ4n) is 6.03. The van der Waals surface area contributed by atoms with Gasteiger partial charge in [0.05, 0.1) is 11.3 Å². The van der Waals surface area contributed by atoms with Gasteiger partial charge < -0.3 is 10.3 Å². The molecule has 0 radical (unpaired) electrons. The maximum Gasteiger partial charge on any atom is 0.332 e. The molecule has 1 aromatic heterocycles. The highest BCUT2D eigenvalue weighted by Gasteiger charge is 2.53. The predicted molar refractivity (Wildman–Crippen MR) is 153 cm³/mol. The molecule has 4 amide bonds. The molecule has 9 heteroatoms. The number of nitrogens with one attached hydrogen (secondary N) is 2. The van der Waals surface area contributed by atoms with Crippen molar-refractivity contribution in [2.75, 3.05) is 4.90 Å². The lowest BCUT2D eigenvalue weighted by Crippen LogP contribution is -2.44. The molecule has 4 aromatic carbocycles.